The second-order valence-electron chi connectivity index (χ2n) is 3.00. The van der Waals surface area contributed by atoms with Gasteiger partial charge in [-0.3, -0.25) is 0 Å². The summed E-state index contributed by atoms with van der Waals surface area (Å²) in [6, 6.07) is 0.0301. The summed E-state index contributed by atoms with van der Waals surface area (Å²) < 4.78 is 0. The minimum atomic E-state index is 0.0301. The Kier molecular flexibility index (Phi) is 1.78. The number of nitrogens with two attached hydrogens (primary N) is 1. The Morgan fingerprint density at radius 2 is 2.22 bits per heavy atom. The van der Waals surface area contributed by atoms with Gasteiger partial charge in [0.25, 0.3) is 0 Å². The fourth-order valence-corrected chi connectivity index (χ4v) is 1.34. The Morgan fingerprint density at radius 3 is 2.33 bits per heavy atom. The SMILES string of the molecule is CCC1(C(N)CO)CC1. The molecule has 2 heteroatoms. The first kappa shape index (κ1) is 7.03. The van der Waals surface area contributed by atoms with E-state index in [1.807, 2.05) is 0 Å². The minimum Gasteiger partial charge on any atom is -0.395 e. The average Bonchev–Trinajstić information content (AvgIpc) is 2.66. The highest BCUT2D eigenvalue weighted by molar-refractivity contribution is 4.99. The third-order valence-corrected chi connectivity index (χ3v) is 2.58. The molecular weight excluding hydrogens is 114 g/mol. The first-order valence-corrected chi connectivity index (χ1v) is 3.61. The number of rotatable bonds is 3. The van der Waals surface area contributed by atoms with Crippen molar-refractivity contribution in [3.63, 3.8) is 0 Å². The van der Waals surface area contributed by atoms with Crippen LogP contribution in [-0.2, 0) is 0 Å². The number of aliphatic hydroxyl groups excluding tert-OH is 1. The van der Waals surface area contributed by atoms with Crippen LogP contribution in [0.3, 0.4) is 0 Å². The summed E-state index contributed by atoms with van der Waals surface area (Å²) in [7, 11) is 0. The van der Waals surface area contributed by atoms with Crippen molar-refractivity contribution in [2.75, 3.05) is 6.61 Å². The van der Waals surface area contributed by atoms with Crippen molar-refractivity contribution in [1.29, 1.82) is 0 Å². The zero-order chi connectivity index (χ0) is 6.91. The molecule has 0 aromatic carbocycles. The highest BCUT2D eigenvalue weighted by Gasteiger charge is 2.45. The molecule has 0 radical (unpaired) electrons. The summed E-state index contributed by atoms with van der Waals surface area (Å²) >= 11 is 0. The molecule has 1 unspecified atom stereocenters. The van der Waals surface area contributed by atoms with E-state index in [1.54, 1.807) is 0 Å². The standard InChI is InChI=1S/C7H15NO/c1-2-7(3-4-7)6(8)5-9/h6,9H,2-5,8H2,1H3. The van der Waals surface area contributed by atoms with Crippen LogP contribution in [-0.4, -0.2) is 17.8 Å². The number of hydrogen-bond donors (Lipinski definition) is 2. The summed E-state index contributed by atoms with van der Waals surface area (Å²) in [6.07, 6.45) is 3.55. The number of hydrogen-bond acceptors (Lipinski definition) is 2. The lowest BCUT2D eigenvalue weighted by Gasteiger charge is -2.18. The van der Waals surface area contributed by atoms with Crippen LogP contribution in [0.5, 0.6) is 0 Å². The van der Waals surface area contributed by atoms with E-state index < -0.39 is 0 Å². The van der Waals surface area contributed by atoms with Gasteiger partial charge in [0.15, 0.2) is 0 Å². The molecule has 2 nitrogen and oxygen atoms in total. The van der Waals surface area contributed by atoms with Gasteiger partial charge in [-0.05, 0) is 24.7 Å². The van der Waals surface area contributed by atoms with Crippen LogP contribution in [0.1, 0.15) is 26.2 Å². The molecule has 1 aliphatic rings. The second-order valence-corrected chi connectivity index (χ2v) is 3.00. The molecule has 1 fully saturated rings. The van der Waals surface area contributed by atoms with Crippen LogP contribution >= 0.6 is 0 Å². The third kappa shape index (κ3) is 1.10. The largest absolute Gasteiger partial charge is 0.395 e. The van der Waals surface area contributed by atoms with Crippen molar-refractivity contribution in [3.8, 4) is 0 Å². The average molecular weight is 129 g/mol. The van der Waals surface area contributed by atoms with Gasteiger partial charge in [-0.25, -0.2) is 0 Å². The predicted octanol–water partition coefficient (Wildman–Crippen LogP) is 0.496. The van der Waals surface area contributed by atoms with Crippen molar-refractivity contribution in [2.45, 2.75) is 32.2 Å². The first-order chi connectivity index (χ1) is 4.25. The molecule has 0 amide bonds. The Balaban J connectivity index is 2.39. The molecule has 1 aliphatic carbocycles. The molecule has 0 spiro atoms. The van der Waals surface area contributed by atoms with Crippen LogP contribution in [0, 0.1) is 5.41 Å². The quantitative estimate of drug-likeness (QED) is 0.582. The molecule has 0 aliphatic heterocycles. The summed E-state index contributed by atoms with van der Waals surface area (Å²) in [4.78, 5) is 0. The lowest BCUT2D eigenvalue weighted by Crippen LogP contribution is -2.34. The van der Waals surface area contributed by atoms with Gasteiger partial charge in [-0.2, -0.15) is 0 Å². The summed E-state index contributed by atoms with van der Waals surface area (Å²) in [5, 5.41) is 8.72. The smallest absolute Gasteiger partial charge is 0.0587 e. The van der Waals surface area contributed by atoms with Gasteiger partial charge in [0.05, 0.1) is 6.61 Å². The van der Waals surface area contributed by atoms with Crippen LogP contribution in [0.2, 0.25) is 0 Å². The highest BCUT2D eigenvalue weighted by Crippen LogP contribution is 2.50. The molecule has 1 atom stereocenters. The van der Waals surface area contributed by atoms with Crippen LogP contribution < -0.4 is 5.73 Å². The molecule has 3 N–H and O–H groups in total. The molecule has 0 aromatic rings. The molecule has 0 saturated heterocycles. The van der Waals surface area contributed by atoms with Gasteiger partial charge < -0.3 is 10.8 Å². The van der Waals surface area contributed by atoms with E-state index in [0.717, 1.165) is 6.42 Å². The maximum atomic E-state index is 8.72. The van der Waals surface area contributed by atoms with E-state index in [-0.39, 0.29) is 12.6 Å². The highest BCUT2D eigenvalue weighted by atomic mass is 16.3. The van der Waals surface area contributed by atoms with E-state index in [1.165, 1.54) is 12.8 Å². The van der Waals surface area contributed by atoms with Gasteiger partial charge in [-0.15, -0.1) is 0 Å². The van der Waals surface area contributed by atoms with Crippen LogP contribution in [0.4, 0.5) is 0 Å². The molecule has 54 valence electrons. The Hall–Kier alpha value is -0.0800. The first-order valence-electron chi connectivity index (χ1n) is 3.61. The molecular formula is C7H15NO. The van der Waals surface area contributed by atoms with Gasteiger partial charge in [0.1, 0.15) is 0 Å². The Labute approximate surface area is 56.1 Å². The topological polar surface area (TPSA) is 46.2 Å². The van der Waals surface area contributed by atoms with E-state index in [9.17, 15) is 0 Å². The molecule has 1 rings (SSSR count). The Morgan fingerprint density at radius 1 is 1.67 bits per heavy atom. The predicted molar refractivity (Wildman–Crippen MR) is 37.0 cm³/mol. The van der Waals surface area contributed by atoms with Crippen LogP contribution in [0.25, 0.3) is 0 Å². The second kappa shape index (κ2) is 2.27. The molecule has 0 aromatic heterocycles. The van der Waals surface area contributed by atoms with Gasteiger partial charge in [0.2, 0.25) is 0 Å². The van der Waals surface area contributed by atoms with E-state index in [4.69, 9.17) is 10.8 Å². The fraction of sp³-hybridized carbons (Fsp3) is 1.00. The van der Waals surface area contributed by atoms with E-state index in [0.29, 0.717) is 5.41 Å². The van der Waals surface area contributed by atoms with Gasteiger partial charge >= 0.3 is 0 Å². The summed E-state index contributed by atoms with van der Waals surface area (Å²) in [5.74, 6) is 0. The van der Waals surface area contributed by atoms with E-state index in [2.05, 4.69) is 6.92 Å². The summed E-state index contributed by atoms with van der Waals surface area (Å²) in [5.41, 5.74) is 6.00. The fourth-order valence-electron chi connectivity index (χ4n) is 1.34. The molecule has 9 heavy (non-hydrogen) atoms. The zero-order valence-corrected chi connectivity index (χ0v) is 5.93. The van der Waals surface area contributed by atoms with E-state index >= 15 is 0 Å². The maximum absolute atomic E-state index is 8.72. The number of aliphatic hydroxyl groups is 1. The third-order valence-electron chi connectivity index (χ3n) is 2.58. The normalized spacial score (nSPS) is 25.7. The minimum absolute atomic E-state index is 0.0301. The van der Waals surface area contributed by atoms with Crippen molar-refractivity contribution in [2.24, 2.45) is 11.1 Å². The van der Waals surface area contributed by atoms with Crippen molar-refractivity contribution >= 4 is 0 Å². The molecule has 0 bridgehead atoms. The van der Waals surface area contributed by atoms with Gasteiger partial charge in [0, 0.05) is 6.04 Å². The monoisotopic (exact) mass is 129 g/mol. The maximum Gasteiger partial charge on any atom is 0.0587 e. The van der Waals surface area contributed by atoms with Crippen molar-refractivity contribution < 1.29 is 5.11 Å². The molecule has 0 heterocycles. The Bertz CT molecular complexity index is 99.1. The lowest BCUT2D eigenvalue weighted by molar-refractivity contribution is 0.212. The van der Waals surface area contributed by atoms with Crippen molar-refractivity contribution in [1.82, 2.24) is 0 Å². The summed E-state index contributed by atoms with van der Waals surface area (Å²) in [6.45, 7) is 2.29. The zero-order valence-electron chi connectivity index (χ0n) is 5.93. The van der Waals surface area contributed by atoms with Crippen LogP contribution in [0.15, 0.2) is 0 Å². The lowest BCUT2D eigenvalue weighted by atomic mass is 9.95. The van der Waals surface area contributed by atoms with Gasteiger partial charge in [-0.1, -0.05) is 6.92 Å². The van der Waals surface area contributed by atoms with Crippen molar-refractivity contribution in [3.05, 3.63) is 0 Å². The molecule has 1 saturated carbocycles.